The Kier molecular flexibility index (Phi) is 5.07. The van der Waals surface area contributed by atoms with Gasteiger partial charge in [0.05, 0.1) is 20.3 Å². The molecule has 28 heavy (non-hydrogen) atoms. The van der Waals surface area contributed by atoms with Gasteiger partial charge in [-0.1, -0.05) is 6.07 Å². The van der Waals surface area contributed by atoms with E-state index in [0.29, 0.717) is 37.7 Å². The first kappa shape index (κ1) is 18.9. The summed E-state index contributed by atoms with van der Waals surface area (Å²) in [4.78, 5) is 16.9. The summed E-state index contributed by atoms with van der Waals surface area (Å²) in [6.45, 7) is 4.01. The van der Waals surface area contributed by atoms with E-state index in [4.69, 9.17) is 9.47 Å². The number of amides is 1. The third-order valence-corrected chi connectivity index (χ3v) is 5.61. The van der Waals surface area contributed by atoms with Gasteiger partial charge in [-0.05, 0) is 18.6 Å². The van der Waals surface area contributed by atoms with Gasteiger partial charge in [0.2, 0.25) is 0 Å². The SMILES string of the molecule is COc1cc(F)ccc1CN1CCOC2(CCN(C(=O)c3ccnn3C)C2)C1. The molecule has 0 radical (unpaired) electrons. The number of methoxy groups -OCH3 is 1. The Morgan fingerprint density at radius 3 is 2.93 bits per heavy atom. The molecule has 2 saturated heterocycles. The van der Waals surface area contributed by atoms with Gasteiger partial charge in [-0.15, -0.1) is 0 Å². The van der Waals surface area contributed by atoms with Crippen molar-refractivity contribution < 1.29 is 18.7 Å². The molecule has 2 aliphatic heterocycles. The Labute approximate surface area is 163 Å². The second-order valence-corrected chi connectivity index (χ2v) is 7.52. The van der Waals surface area contributed by atoms with E-state index in [1.165, 1.54) is 12.1 Å². The van der Waals surface area contributed by atoms with Gasteiger partial charge in [-0.25, -0.2) is 4.39 Å². The van der Waals surface area contributed by atoms with Gasteiger partial charge in [0.25, 0.3) is 5.91 Å². The lowest BCUT2D eigenvalue weighted by Gasteiger charge is -2.40. The zero-order chi connectivity index (χ0) is 19.7. The molecule has 1 spiro atoms. The number of halogens is 1. The quantitative estimate of drug-likeness (QED) is 0.798. The van der Waals surface area contributed by atoms with Gasteiger partial charge in [-0.3, -0.25) is 14.4 Å². The van der Waals surface area contributed by atoms with Crippen LogP contribution in [0.5, 0.6) is 5.75 Å². The number of likely N-dealkylation sites (tertiary alicyclic amines) is 1. The molecule has 2 aliphatic rings. The number of aromatic nitrogens is 2. The molecule has 0 bridgehead atoms. The van der Waals surface area contributed by atoms with Crippen molar-refractivity contribution in [3.05, 3.63) is 47.5 Å². The largest absolute Gasteiger partial charge is 0.496 e. The number of carbonyl (C=O) groups excluding carboxylic acids is 1. The van der Waals surface area contributed by atoms with Crippen LogP contribution in [0.2, 0.25) is 0 Å². The van der Waals surface area contributed by atoms with Gasteiger partial charge in [0.1, 0.15) is 22.9 Å². The molecule has 7 nitrogen and oxygen atoms in total. The Bertz CT molecular complexity index is 871. The Morgan fingerprint density at radius 1 is 1.32 bits per heavy atom. The predicted octanol–water partition coefficient (Wildman–Crippen LogP) is 1.68. The fraction of sp³-hybridized carbons (Fsp3) is 0.500. The molecule has 1 aromatic carbocycles. The van der Waals surface area contributed by atoms with E-state index >= 15 is 0 Å². The molecule has 2 fully saturated rings. The lowest BCUT2D eigenvalue weighted by molar-refractivity contribution is -0.102. The average molecular weight is 388 g/mol. The Balaban J connectivity index is 1.44. The number of carbonyl (C=O) groups is 1. The van der Waals surface area contributed by atoms with Crippen molar-refractivity contribution in [1.82, 2.24) is 19.6 Å². The Morgan fingerprint density at radius 2 is 2.18 bits per heavy atom. The first-order valence-electron chi connectivity index (χ1n) is 9.46. The number of rotatable bonds is 4. The third-order valence-electron chi connectivity index (χ3n) is 5.61. The van der Waals surface area contributed by atoms with E-state index in [1.807, 2.05) is 4.90 Å². The molecule has 3 heterocycles. The molecule has 0 saturated carbocycles. The summed E-state index contributed by atoms with van der Waals surface area (Å²) < 4.78 is 26.5. The predicted molar refractivity (Wildman–Crippen MR) is 101 cm³/mol. The molecule has 1 unspecified atom stereocenters. The third kappa shape index (κ3) is 3.62. The first-order valence-corrected chi connectivity index (χ1v) is 9.46. The summed E-state index contributed by atoms with van der Waals surface area (Å²) in [6.07, 6.45) is 2.43. The van der Waals surface area contributed by atoms with Gasteiger partial charge in [-0.2, -0.15) is 5.10 Å². The lowest BCUT2D eigenvalue weighted by atomic mass is 10.00. The van der Waals surface area contributed by atoms with Crippen molar-refractivity contribution in [2.75, 3.05) is 39.9 Å². The zero-order valence-corrected chi connectivity index (χ0v) is 16.2. The van der Waals surface area contributed by atoms with Crippen LogP contribution >= 0.6 is 0 Å². The van der Waals surface area contributed by atoms with Crippen molar-refractivity contribution >= 4 is 5.91 Å². The number of benzene rings is 1. The summed E-state index contributed by atoms with van der Waals surface area (Å²) in [5.74, 6) is 0.233. The van der Waals surface area contributed by atoms with E-state index in [0.717, 1.165) is 25.1 Å². The molecule has 8 heteroatoms. The summed E-state index contributed by atoms with van der Waals surface area (Å²) in [5.41, 5.74) is 1.17. The van der Waals surface area contributed by atoms with E-state index in [1.54, 1.807) is 37.2 Å². The molecule has 150 valence electrons. The number of hydrogen-bond donors (Lipinski definition) is 0. The van der Waals surface area contributed by atoms with Gasteiger partial charge < -0.3 is 14.4 Å². The second-order valence-electron chi connectivity index (χ2n) is 7.52. The van der Waals surface area contributed by atoms with Crippen LogP contribution in [0.1, 0.15) is 22.5 Å². The molecule has 0 aliphatic carbocycles. The highest BCUT2D eigenvalue weighted by atomic mass is 19.1. The summed E-state index contributed by atoms with van der Waals surface area (Å²) in [5, 5.41) is 4.09. The fourth-order valence-corrected chi connectivity index (χ4v) is 4.16. The number of nitrogens with zero attached hydrogens (tertiary/aromatic N) is 4. The van der Waals surface area contributed by atoms with E-state index in [2.05, 4.69) is 10.00 Å². The van der Waals surface area contributed by atoms with Gasteiger partial charge in [0, 0.05) is 51.1 Å². The number of aryl methyl sites for hydroxylation is 1. The monoisotopic (exact) mass is 388 g/mol. The van der Waals surface area contributed by atoms with Crippen molar-refractivity contribution in [2.24, 2.45) is 7.05 Å². The van der Waals surface area contributed by atoms with Crippen LogP contribution in [0.25, 0.3) is 0 Å². The van der Waals surface area contributed by atoms with Crippen LogP contribution in [0, 0.1) is 5.82 Å². The van der Waals surface area contributed by atoms with Crippen LogP contribution in [0.3, 0.4) is 0 Å². The molecular weight excluding hydrogens is 363 g/mol. The standard InChI is InChI=1S/C20H25FN4O3/c1-23-17(5-7-22-23)19(26)25-8-6-20(14-25)13-24(9-10-28-20)12-15-3-4-16(21)11-18(15)27-2/h3-5,7,11H,6,8-10,12-14H2,1-2H3. The maximum atomic E-state index is 13.5. The summed E-state index contributed by atoms with van der Waals surface area (Å²) in [6, 6.07) is 6.37. The minimum Gasteiger partial charge on any atom is -0.496 e. The molecule has 0 N–H and O–H groups in total. The van der Waals surface area contributed by atoms with Crippen LogP contribution in [0.15, 0.2) is 30.5 Å². The molecular formula is C20H25FN4O3. The number of hydrogen-bond acceptors (Lipinski definition) is 5. The van der Waals surface area contributed by atoms with Crippen molar-refractivity contribution in [2.45, 2.75) is 18.6 Å². The van der Waals surface area contributed by atoms with Gasteiger partial charge in [0.15, 0.2) is 0 Å². The molecule has 1 amide bonds. The van der Waals surface area contributed by atoms with Crippen molar-refractivity contribution in [3.8, 4) is 5.75 Å². The molecule has 1 aromatic heterocycles. The van der Waals surface area contributed by atoms with Crippen molar-refractivity contribution in [1.29, 1.82) is 0 Å². The van der Waals surface area contributed by atoms with E-state index in [-0.39, 0.29) is 17.3 Å². The minimum atomic E-state index is -0.361. The number of ether oxygens (including phenoxy) is 2. The van der Waals surface area contributed by atoms with Crippen molar-refractivity contribution in [3.63, 3.8) is 0 Å². The maximum absolute atomic E-state index is 13.5. The molecule has 2 aromatic rings. The normalized spacial score (nSPS) is 22.8. The minimum absolute atomic E-state index is 0.0159. The second kappa shape index (κ2) is 7.52. The average Bonchev–Trinajstić information content (AvgIpc) is 3.29. The topological polar surface area (TPSA) is 59.8 Å². The highest BCUT2D eigenvalue weighted by Gasteiger charge is 2.44. The highest BCUT2D eigenvalue weighted by molar-refractivity contribution is 5.92. The molecule has 1 atom stereocenters. The van der Waals surface area contributed by atoms with Gasteiger partial charge >= 0.3 is 0 Å². The zero-order valence-electron chi connectivity index (χ0n) is 16.2. The summed E-state index contributed by atoms with van der Waals surface area (Å²) >= 11 is 0. The number of morpholine rings is 1. The fourth-order valence-electron chi connectivity index (χ4n) is 4.16. The smallest absolute Gasteiger partial charge is 0.272 e. The van der Waals surface area contributed by atoms with Crippen LogP contribution in [-0.2, 0) is 18.3 Å². The van der Waals surface area contributed by atoms with Crippen LogP contribution in [0.4, 0.5) is 4.39 Å². The van der Waals surface area contributed by atoms with Crippen LogP contribution in [-0.4, -0.2) is 71.0 Å². The van der Waals surface area contributed by atoms with E-state index < -0.39 is 0 Å². The first-order chi connectivity index (χ1) is 13.5. The highest BCUT2D eigenvalue weighted by Crippen LogP contribution is 2.31. The maximum Gasteiger partial charge on any atom is 0.272 e. The summed E-state index contributed by atoms with van der Waals surface area (Å²) in [7, 11) is 3.33. The van der Waals surface area contributed by atoms with E-state index in [9.17, 15) is 9.18 Å². The Hall–Kier alpha value is -2.45. The molecule has 4 rings (SSSR count). The lowest BCUT2D eigenvalue weighted by Crippen LogP contribution is -2.53. The van der Waals surface area contributed by atoms with Crippen LogP contribution < -0.4 is 4.74 Å².